The average Bonchev–Trinajstić information content (AvgIpc) is 2.59. The highest BCUT2D eigenvalue weighted by molar-refractivity contribution is 7.85. The fourth-order valence-corrected chi connectivity index (χ4v) is 2.82. The lowest BCUT2D eigenvalue weighted by Gasteiger charge is -2.02. The number of carboxylic acids is 1. The second-order valence-corrected chi connectivity index (χ2v) is 6.80. The van der Waals surface area contributed by atoms with E-state index in [9.17, 15) is 18.3 Å². The van der Waals surface area contributed by atoms with Crippen LogP contribution in [0.1, 0.15) is 10.4 Å². The molecule has 8 nitrogen and oxygen atoms in total. The quantitative estimate of drug-likeness (QED) is 0.469. The summed E-state index contributed by atoms with van der Waals surface area (Å²) in [5.41, 5.74) is 0.432. The predicted octanol–water partition coefficient (Wildman–Crippen LogP) is 3.91. The molecule has 0 unspecified atom stereocenters. The van der Waals surface area contributed by atoms with Gasteiger partial charge in [0.1, 0.15) is 11.3 Å². The van der Waals surface area contributed by atoms with Crippen molar-refractivity contribution >= 4 is 38.2 Å². The van der Waals surface area contributed by atoms with Crippen molar-refractivity contribution in [3.05, 3.63) is 60.2 Å². The molecule has 3 rings (SSSR count). The van der Waals surface area contributed by atoms with Crippen LogP contribution in [0.5, 0.6) is 5.75 Å². The zero-order valence-electron chi connectivity index (χ0n) is 13.1. The van der Waals surface area contributed by atoms with E-state index in [1.54, 1.807) is 18.2 Å². The molecule has 0 amide bonds. The first-order valence-electron chi connectivity index (χ1n) is 7.23. The molecule has 0 aliphatic heterocycles. The zero-order chi connectivity index (χ0) is 18.9. The Balaban J connectivity index is 1.93. The van der Waals surface area contributed by atoms with E-state index in [4.69, 9.17) is 9.66 Å². The maximum atomic E-state index is 11.2. The number of rotatable bonds is 4. The zero-order valence-corrected chi connectivity index (χ0v) is 13.9. The van der Waals surface area contributed by atoms with Crippen LogP contribution in [0.15, 0.2) is 69.7 Å². The molecule has 0 saturated heterocycles. The van der Waals surface area contributed by atoms with E-state index in [2.05, 4.69) is 10.2 Å². The molecule has 0 bridgehead atoms. The number of azo groups is 1. The summed E-state index contributed by atoms with van der Waals surface area (Å²) in [6.07, 6.45) is 0. The molecule has 0 saturated carbocycles. The Hall–Kier alpha value is -3.30. The lowest BCUT2D eigenvalue weighted by Crippen LogP contribution is -1.97. The molecule has 0 spiro atoms. The highest BCUT2D eigenvalue weighted by atomic mass is 32.2. The summed E-state index contributed by atoms with van der Waals surface area (Å²) in [5, 5.41) is 27.7. The molecule has 0 aliphatic rings. The van der Waals surface area contributed by atoms with Gasteiger partial charge in [-0.2, -0.15) is 18.6 Å². The largest absolute Gasteiger partial charge is 0.507 e. The van der Waals surface area contributed by atoms with Crippen molar-refractivity contribution in [2.75, 3.05) is 0 Å². The van der Waals surface area contributed by atoms with Gasteiger partial charge < -0.3 is 10.2 Å². The maximum absolute atomic E-state index is 11.2. The molecular formula is C17H12N2O6S. The highest BCUT2D eigenvalue weighted by Crippen LogP contribution is 2.27. The molecule has 3 aromatic rings. The monoisotopic (exact) mass is 372 g/mol. The standard InChI is InChI=1S/C17H12N2O6S/c20-16-6-4-13(9-15(16)17(21)22)19-18-12-3-1-11-8-14(26(23,24)25)5-2-10(11)7-12/h1-9,20H,(H,21,22)(H,23,24,25). The second-order valence-electron chi connectivity index (χ2n) is 5.37. The fraction of sp³-hybridized carbons (Fsp3) is 0. The maximum Gasteiger partial charge on any atom is 0.339 e. The number of phenols is 1. The number of fused-ring (bicyclic) bond motifs is 1. The van der Waals surface area contributed by atoms with Crippen molar-refractivity contribution in [2.24, 2.45) is 10.2 Å². The average molecular weight is 372 g/mol. The van der Waals surface area contributed by atoms with E-state index >= 15 is 0 Å². The third-order valence-corrected chi connectivity index (χ3v) is 4.43. The summed E-state index contributed by atoms with van der Waals surface area (Å²) in [5.74, 6) is -1.64. The third kappa shape index (κ3) is 3.68. The molecule has 9 heteroatoms. The fourth-order valence-electron chi connectivity index (χ4n) is 2.31. The number of aromatic hydroxyl groups is 1. The first-order chi connectivity index (χ1) is 12.2. The summed E-state index contributed by atoms with van der Waals surface area (Å²) in [7, 11) is -4.28. The van der Waals surface area contributed by atoms with Crippen LogP contribution in [-0.2, 0) is 10.1 Å². The van der Waals surface area contributed by atoms with Gasteiger partial charge in [-0.05, 0) is 53.2 Å². The Labute approximate surface area is 147 Å². The smallest absolute Gasteiger partial charge is 0.339 e. The minimum Gasteiger partial charge on any atom is -0.507 e. The van der Waals surface area contributed by atoms with Crippen LogP contribution >= 0.6 is 0 Å². The number of carbonyl (C=O) groups is 1. The molecule has 0 heterocycles. The normalized spacial score (nSPS) is 11.9. The van der Waals surface area contributed by atoms with Crippen molar-refractivity contribution in [3.8, 4) is 5.75 Å². The van der Waals surface area contributed by atoms with Crippen molar-refractivity contribution < 1.29 is 28.0 Å². The van der Waals surface area contributed by atoms with Gasteiger partial charge in [0, 0.05) is 0 Å². The van der Waals surface area contributed by atoms with Crippen molar-refractivity contribution in [1.82, 2.24) is 0 Å². The van der Waals surface area contributed by atoms with Crippen LogP contribution in [0.25, 0.3) is 10.8 Å². The number of aromatic carboxylic acids is 1. The number of hydrogen-bond acceptors (Lipinski definition) is 6. The van der Waals surface area contributed by atoms with Gasteiger partial charge in [-0.25, -0.2) is 4.79 Å². The molecule has 0 aromatic heterocycles. The summed E-state index contributed by atoms with van der Waals surface area (Å²) in [4.78, 5) is 10.8. The Morgan fingerprint density at radius 3 is 2.08 bits per heavy atom. The Morgan fingerprint density at radius 2 is 1.42 bits per heavy atom. The third-order valence-electron chi connectivity index (χ3n) is 3.58. The number of carboxylic acid groups (broad SMARTS) is 1. The molecule has 0 radical (unpaired) electrons. The summed E-state index contributed by atoms with van der Waals surface area (Å²) < 4.78 is 31.4. The minimum absolute atomic E-state index is 0.204. The van der Waals surface area contributed by atoms with Crippen molar-refractivity contribution in [2.45, 2.75) is 4.90 Å². The summed E-state index contributed by atoms with van der Waals surface area (Å²) in [6.45, 7) is 0. The molecule has 0 atom stereocenters. The van der Waals surface area contributed by atoms with E-state index in [0.717, 1.165) is 0 Å². The van der Waals surface area contributed by atoms with Gasteiger partial charge in [-0.15, -0.1) is 0 Å². The first-order valence-corrected chi connectivity index (χ1v) is 8.67. The van der Waals surface area contributed by atoms with Gasteiger partial charge in [0.05, 0.1) is 16.3 Å². The van der Waals surface area contributed by atoms with Crippen molar-refractivity contribution in [1.29, 1.82) is 0 Å². The van der Waals surface area contributed by atoms with Crippen LogP contribution in [-0.4, -0.2) is 29.2 Å². The van der Waals surface area contributed by atoms with E-state index in [1.807, 2.05) is 0 Å². The van der Waals surface area contributed by atoms with Crippen LogP contribution in [0.3, 0.4) is 0 Å². The summed E-state index contributed by atoms with van der Waals surface area (Å²) >= 11 is 0. The Morgan fingerprint density at radius 1 is 0.846 bits per heavy atom. The molecular weight excluding hydrogens is 360 g/mol. The molecule has 3 N–H and O–H groups in total. The summed E-state index contributed by atoms with van der Waals surface area (Å²) in [6, 6.07) is 12.9. The highest BCUT2D eigenvalue weighted by Gasteiger charge is 2.11. The lowest BCUT2D eigenvalue weighted by molar-refractivity contribution is 0.0693. The van der Waals surface area contributed by atoms with Crippen molar-refractivity contribution in [3.63, 3.8) is 0 Å². The second kappa shape index (κ2) is 6.54. The van der Waals surface area contributed by atoms with E-state index in [1.165, 1.54) is 36.4 Å². The van der Waals surface area contributed by atoms with Gasteiger partial charge in [0.25, 0.3) is 10.1 Å². The topological polar surface area (TPSA) is 137 Å². The van der Waals surface area contributed by atoms with Crippen LogP contribution < -0.4 is 0 Å². The van der Waals surface area contributed by atoms with Gasteiger partial charge in [-0.3, -0.25) is 4.55 Å². The van der Waals surface area contributed by atoms with Crippen LogP contribution in [0, 0.1) is 0 Å². The van der Waals surface area contributed by atoms with Crippen LogP contribution in [0.2, 0.25) is 0 Å². The Bertz CT molecular complexity index is 1160. The van der Waals surface area contributed by atoms with E-state index < -0.39 is 16.1 Å². The molecule has 0 fully saturated rings. The number of benzene rings is 3. The molecule has 3 aromatic carbocycles. The van der Waals surface area contributed by atoms with Gasteiger partial charge in [-0.1, -0.05) is 12.1 Å². The van der Waals surface area contributed by atoms with Crippen LogP contribution in [0.4, 0.5) is 11.4 Å². The van der Waals surface area contributed by atoms with E-state index in [0.29, 0.717) is 16.5 Å². The SMILES string of the molecule is O=C(O)c1cc(N=Nc2ccc3cc(S(=O)(=O)O)ccc3c2)ccc1O. The van der Waals surface area contributed by atoms with Gasteiger partial charge in [0.15, 0.2) is 0 Å². The number of hydrogen-bond donors (Lipinski definition) is 3. The Kier molecular flexibility index (Phi) is 4.41. The predicted molar refractivity (Wildman–Crippen MR) is 93.0 cm³/mol. The molecule has 132 valence electrons. The lowest BCUT2D eigenvalue weighted by atomic mass is 10.1. The molecule has 0 aliphatic carbocycles. The minimum atomic E-state index is -4.28. The van der Waals surface area contributed by atoms with E-state index in [-0.39, 0.29) is 21.9 Å². The number of nitrogens with zero attached hydrogens (tertiary/aromatic N) is 2. The molecule has 26 heavy (non-hydrogen) atoms. The van der Waals surface area contributed by atoms with Gasteiger partial charge >= 0.3 is 5.97 Å². The van der Waals surface area contributed by atoms with Gasteiger partial charge in [0.2, 0.25) is 0 Å². The first kappa shape index (κ1) is 17.5.